The second-order valence-electron chi connectivity index (χ2n) is 4.05. The molecule has 0 N–H and O–H groups in total. The molecule has 0 bridgehead atoms. The van der Waals surface area contributed by atoms with Gasteiger partial charge in [0.15, 0.2) is 0 Å². The van der Waals surface area contributed by atoms with Crippen molar-refractivity contribution in [2.45, 2.75) is 58.8 Å². The molecule has 0 aliphatic rings. The van der Waals surface area contributed by atoms with Crippen molar-refractivity contribution in [1.29, 1.82) is 0 Å². The average molecular weight is 261 g/mol. The zero-order chi connectivity index (χ0) is 13.1. The van der Waals surface area contributed by atoms with E-state index < -0.39 is 15.7 Å². The quantitative estimate of drug-likeness (QED) is 0.343. The molecule has 0 heterocycles. The van der Waals surface area contributed by atoms with Gasteiger partial charge in [0.2, 0.25) is 0 Å². The summed E-state index contributed by atoms with van der Waals surface area (Å²) in [5, 5.41) is 10.7. The summed E-state index contributed by atoms with van der Waals surface area (Å²) in [5.41, 5.74) is 0. The molecule has 0 aromatic carbocycles. The zero-order valence-corrected chi connectivity index (χ0v) is 11.6. The highest BCUT2D eigenvalue weighted by atomic mass is 32.2. The first-order valence-electron chi connectivity index (χ1n) is 6.36. The summed E-state index contributed by atoms with van der Waals surface area (Å²) in [7, 11) is -1.43. The topological polar surface area (TPSA) is 60.2 Å². The van der Waals surface area contributed by atoms with Gasteiger partial charge in [-0.15, -0.1) is 0 Å². The maximum atomic E-state index is 11.7. The fourth-order valence-electron chi connectivity index (χ4n) is 1.46. The number of hydrogen-bond acceptors (Lipinski definition) is 3. The highest BCUT2D eigenvalue weighted by molar-refractivity contribution is 7.88. The van der Waals surface area contributed by atoms with E-state index in [9.17, 15) is 14.3 Å². The molecule has 0 aliphatic carbocycles. The Morgan fingerprint density at radius 2 is 1.76 bits per heavy atom. The molecule has 17 heavy (non-hydrogen) atoms. The van der Waals surface area contributed by atoms with Gasteiger partial charge in [0, 0.05) is 11.8 Å². The Labute approximate surface area is 106 Å². The van der Waals surface area contributed by atoms with E-state index in [0.717, 1.165) is 38.5 Å². The summed E-state index contributed by atoms with van der Waals surface area (Å²) in [5.74, 6) is 0.411. The minimum Gasteiger partial charge on any atom is -0.258 e. The van der Waals surface area contributed by atoms with Crippen molar-refractivity contribution in [3.05, 3.63) is 21.2 Å². The van der Waals surface area contributed by atoms with Crippen LogP contribution in [0.3, 0.4) is 0 Å². The maximum absolute atomic E-state index is 11.7. The van der Waals surface area contributed by atoms with Crippen molar-refractivity contribution >= 4 is 10.8 Å². The standard InChI is InChI=1S/C12H23NO3S/c1-3-5-7-8-10-12(13(14)15)17(16)11-9-6-4-2/h10H,3-9,11H2,1-2H3/b12-10+. The summed E-state index contributed by atoms with van der Waals surface area (Å²) in [6.45, 7) is 4.14. The van der Waals surface area contributed by atoms with Gasteiger partial charge in [-0.2, -0.15) is 0 Å². The molecule has 0 saturated carbocycles. The predicted molar refractivity (Wildman–Crippen MR) is 71.8 cm³/mol. The van der Waals surface area contributed by atoms with Crippen LogP contribution in [0.2, 0.25) is 0 Å². The van der Waals surface area contributed by atoms with Gasteiger partial charge >= 0.3 is 5.03 Å². The first-order chi connectivity index (χ1) is 8.13. The van der Waals surface area contributed by atoms with Crippen LogP contribution in [0.4, 0.5) is 0 Å². The number of allylic oxidation sites excluding steroid dienone is 1. The Morgan fingerprint density at radius 3 is 2.29 bits per heavy atom. The van der Waals surface area contributed by atoms with Crippen molar-refractivity contribution < 1.29 is 9.13 Å². The van der Waals surface area contributed by atoms with Gasteiger partial charge < -0.3 is 0 Å². The molecular weight excluding hydrogens is 238 g/mol. The number of rotatable bonds is 10. The molecule has 0 amide bonds. The second kappa shape index (κ2) is 10.4. The zero-order valence-electron chi connectivity index (χ0n) is 10.8. The van der Waals surface area contributed by atoms with Gasteiger partial charge in [0.1, 0.15) is 10.8 Å². The summed E-state index contributed by atoms with van der Waals surface area (Å²) in [4.78, 5) is 10.3. The third kappa shape index (κ3) is 8.07. The van der Waals surface area contributed by atoms with Crippen LogP contribution in [0, 0.1) is 10.1 Å². The molecule has 100 valence electrons. The van der Waals surface area contributed by atoms with Gasteiger partial charge in [0.05, 0.1) is 4.92 Å². The fraction of sp³-hybridized carbons (Fsp3) is 0.833. The molecular formula is C12H23NO3S. The maximum Gasteiger partial charge on any atom is 0.328 e. The van der Waals surface area contributed by atoms with Gasteiger partial charge in [-0.25, -0.2) is 4.21 Å². The van der Waals surface area contributed by atoms with E-state index in [2.05, 4.69) is 13.8 Å². The van der Waals surface area contributed by atoms with Crippen LogP contribution in [0.1, 0.15) is 58.8 Å². The normalized spacial score (nSPS) is 13.6. The Bertz CT molecular complexity index is 277. The van der Waals surface area contributed by atoms with E-state index in [1.807, 2.05) is 0 Å². The lowest BCUT2D eigenvalue weighted by atomic mass is 10.2. The number of unbranched alkanes of at least 4 members (excludes halogenated alkanes) is 5. The van der Waals surface area contributed by atoms with Gasteiger partial charge in [-0.1, -0.05) is 39.5 Å². The average Bonchev–Trinajstić information content (AvgIpc) is 2.28. The minimum atomic E-state index is -1.43. The van der Waals surface area contributed by atoms with E-state index in [4.69, 9.17) is 0 Å². The van der Waals surface area contributed by atoms with Crippen LogP contribution in [-0.4, -0.2) is 14.9 Å². The van der Waals surface area contributed by atoms with Crippen LogP contribution in [-0.2, 0) is 10.8 Å². The highest BCUT2D eigenvalue weighted by Gasteiger charge is 2.18. The molecule has 1 unspecified atom stereocenters. The lowest BCUT2D eigenvalue weighted by Crippen LogP contribution is -2.09. The summed E-state index contributed by atoms with van der Waals surface area (Å²) in [6, 6.07) is 0. The van der Waals surface area contributed by atoms with Gasteiger partial charge in [-0.3, -0.25) is 10.1 Å². The van der Waals surface area contributed by atoms with Crippen molar-refractivity contribution in [3.63, 3.8) is 0 Å². The van der Waals surface area contributed by atoms with Crippen molar-refractivity contribution in [2.75, 3.05) is 5.75 Å². The van der Waals surface area contributed by atoms with Crippen molar-refractivity contribution in [2.24, 2.45) is 0 Å². The van der Waals surface area contributed by atoms with Crippen LogP contribution in [0.5, 0.6) is 0 Å². The highest BCUT2D eigenvalue weighted by Crippen LogP contribution is 2.10. The minimum absolute atomic E-state index is 0.0998. The molecule has 0 spiro atoms. The fourth-order valence-corrected chi connectivity index (χ4v) is 2.60. The van der Waals surface area contributed by atoms with E-state index in [1.165, 1.54) is 6.08 Å². The van der Waals surface area contributed by atoms with Gasteiger partial charge in [0.25, 0.3) is 0 Å². The van der Waals surface area contributed by atoms with Crippen molar-refractivity contribution in [3.8, 4) is 0 Å². The Balaban J connectivity index is 4.20. The molecule has 0 aromatic rings. The van der Waals surface area contributed by atoms with Crippen molar-refractivity contribution in [1.82, 2.24) is 0 Å². The largest absolute Gasteiger partial charge is 0.328 e. The first kappa shape index (κ1) is 16.3. The third-order valence-electron chi connectivity index (χ3n) is 2.47. The second-order valence-corrected chi connectivity index (χ2v) is 5.57. The molecule has 0 fully saturated rings. The monoisotopic (exact) mass is 261 g/mol. The Hall–Kier alpha value is -0.710. The molecule has 0 aliphatic heterocycles. The van der Waals surface area contributed by atoms with Crippen LogP contribution >= 0.6 is 0 Å². The first-order valence-corrected chi connectivity index (χ1v) is 7.68. The predicted octanol–water partition coefficient (Wildman–Crippen LogP) is 3.62. The molecule has 0 rings (SSSR count). The summed E-state index contributed by atoms with van der Waals surface area (Å²) >= 11 is 0. The molecule has 0 aromatic heterocycles. The summed E-state index contributed by atoms with van der Waals surface area (Å²) < 4.78 is 11.7. The smallest absolute Gasteiger partial charge is 0.258 e. The third-order valence-corrected chi connectivity index (χ3v) is 3.91. The Morgan fingerprint density at radius 1 is 1.18 bits per heavy atom. The molecule has 5 heteroatoms. The number of nitrogens with zero attached hydrogens (tertiary/aromatic N) is 1. The Kier molecular flexibility index (Phi) is 10.0. The molecule has 0 radical (unpaired) electrons. The van der Waals surface area contributed by atoms with Crippen LogP contribution in [0.15, 0.2) is 11.1 Å². The van der Waals surface area contributed by atoms with Crippen LogP contribution < -0.4 is 0 Å². The summed E-state index contributed by atoms with van der Waals surface area (Å²) in [6.07, 6.45) is 8.08. The SMILES string of the molecule is CCCCC/C=C(\[N+](=O)[O-])S(=O)CCCCC. The van der Waals surface area contributed by atoms with E-state index in [-0.39, 0.29) is 5.03 Å². The van der Waals surface area contributed by atoms with E-state index in [1.54, 1.807) is 0 Å². The number of nitro groups is 1. The van der Waals surface area contributed by atoms with Crippen LogP contribution in [0.25, 0.3) is 0 Å². The number of hydrogen-bond donors (Lipinski definition) is 0. The van der Waals surface area contributed by atoms with Gasteiger partial charge in [-0.05, 0) is 19.3 Å². The van der Waals surface area contributed by atoms with E-state index >= 15 is 0 Å². The lowest BCUT2D eigenvalue weighted by molar-refractivity contribution is -0.411. The van der Waals surface area contributed by atoms with E-state index in [0.29, 0.717) is 12.2 Å². The lowest BCUT2D eigenvalue weighted by Gasteiger charge is -1.99. The molecule has 4 nitrogen and oxygen atoms in total. The molecule has 1 atom stereocenters. The molecule has 0 saturated heterocycles.